The summed E-state index contributed by atoms with van der Waals surface area (Å²) in [5, 5.41) is 5.25. The van der Waals surface area contributed by atoms with Crippen LogP contribution in [0.3, 0.4) is 0 Å². The molecule has 4 aromatic rings. The molecule has 0 aliphatic carbocycles. The minimum atomic E-state index is 0.747. The number of halogens is 1. The molecule has 1 heterocycles. The highest BCUT2D eigenvalue weighted by molar-refractivity contribution is 7.07. The van der Waals surface area contributed by atoms with Gasteiger partial charge in [-0.2, -0.15) is 0 Å². The first-order valence-corrected chi connectivity index (χ1v) is 8.91. The number of rotatable bonds is 2. The van der Waals surface area contributed by atoms with Gasteiger partial charge in [-0.15, -0.1) is 11.3 Å². The van der Waals surface area contributed by atoms with Gasteiger partial charge in [0.15, 0.2) is 4.80 Å². The molecule has 4 heteroatoms. The number of hydrogen-bond acceptors (Lipinski definition) is 2. The van der Waals surface area contributed by atoms with E-state index in [0.717, 1.165) is 26.8 Å². The van der Waals surface area contributed by atoms with Crippen LogP contribution in [0, 0.1) is 0 Å². The zero-order chi connectivity index (χ0) is 16.5. The molecule has 0 fully saturated rings. The van der Waals surface area contributed by atoms with Crippen molar-refractivity contribution in [2.45, 2.75) is 0 Å². The molecule has 24 heavy (non-hydrogen) atoms. The second kappa shape index (κ2) is 6.27. The van der Waals surface area contributed by atoms with Gasteiger partial charge in [0.1, 0.15) is 0 Å². The van der Waals surface area contributed by atoms with Crippen molar-refractivity contribution in [3.63, 3.8) is 0 Å². The monoisotopic (exact) mass is 350 g/mol. The van der Waals surface area contributed by atoms with Crippen LogP contribution in [-0.4, -0.2) is 4.57 Å². The maximum Gasteiger partial charge on any atom is 0.190 e. The minimum absolute atomic E-state index is 0.747. The van der Waals surface area contributed by atoms with E-state index in [9.17, 15) is 0 Å². The van der Waals surface area contributed by atoms with Gasteiger partial charge >= 0.3 is 0 Å². The van der Waals surface area contributed by atoms with Crippen LogP contribution in [0.2, 0.25) is 5.02 Å². The molecule has 0 atom stereocenters. The van der Waals surface area contributed by atoms with E-state index < -0.39 is 0 Å². The molecular weight excluding hydrogens is 336 g/mol. The van der Waals surface area contributed by atoms with E-state index in [4.69, 9.17) is 16.6 Å². The molecule has 0 saturated carbocycles. The van der Waals surface area contributed by atoms with Crippen LogP contribution < -0.4 is 4.80 Å². The Morgan fingerprint density at radius 2 is 1.67 bits per heavy atom. The Morgan fingerprint density at radius 3 is 2.50 bits per heavy atom. The Morgan fingerprint density at radius 1 is 0.917 bits per heavy atom. The highest BCUT2D eigenvalue weighted by Crippen LogP contribution is 2.26. The molecule has 0 N–H and O–H groups in total. The molecule has 0 bridgehead atoms. The lowest BCUT2D eigenvalue weighted by Crippen LogP contribution is -2.10. The summed E-state index contributed by atoms with van der Waals surface area (Å²) in [4.78, 5) is 5.86. The minimum Gasteiger partial charge on any atom is -0.320 e. The summed E-state index contributed by atoms with van der Waals surface area (Å²) >= 11 is 7.63. The van der Waals surface area contributed by atoms with Gasteiger partial charge in [0.2, 0.25) is 0 Å². The standard InChI is InChI=1S/C20H15ClN2S/c1-23-19(15-9-11-16(21)12-10-15)13-24-20(23)22-18-8-4-6-14-5-2-3-7-17(14)18/h2-13H,1H3. The molecule has 0 radical (unpaired) electrons. The van der Waals surface area contributed by atoms with Gasteiger partial charge in [-0.3, -0.25) is 0 Å². The average molecular weight is 351 g/mol. The van der Waals surface area contributed by atoms with Gasteiger partial charge in [-0.05, 0) is 29.1 Å². The maximum atomic E-state index is 5.98. The van der Waals surface area contributed by atoms with Crippen molar-refractivity contribution in [2.24, 2.45) is 12.0 Å². The Balaban J connectivity index is 1.85. The molecule has 0 aliphatic rings. The van der Waals surface area contributed by atoms with E-state index in [1.54, 1.807) is 11.3 Å². The summed E-state index contributed by atoms with van der Waals surface area (Å²) in [5.41, 5.74) is 3.27. The van der Waals surface area contributed by atoms with Crippen LogP contribution in [0.1, 0.15) is 0 Å². The topological polar surface area (TPSA) is 17.3 Å². The normalized spacial score (nSPS) is 12.0. The molecule has 118 valence electrons. The first-order valence-electron chi connectivity index (χ1n) is 7.65. The molecular formula is C20H15ClN2S. The Labute approximate surface area is 149 Å². The van der Waals surface area contributed by atoms with E-state index in [1.165, 1.54) is 10.8 Å². The lowest BCUT2D eigenvalue weighted by Gasteiger charge is -2.04. The number of aromatic nitrogens is 1. The van der Waals surface area contributed by atoms with Crippen LogP contribution in [0.4, 0.5) is 5.69 Å². The van der Waals surface area contributed by atoms with Crippen molar-refractivity contribution in [2.75, 3.05) is 0 Å². The predicted octanol–water partition coefficient (Wildman–Crippen LogP) is 5.79. The molecule has 3 aromatic carbocycles. The molecule has 0 spiro atoms. The molecule has 0 unspecified atom stereocenters. The van der Waals surface area contributed by atoms with Gasteiger partial charge in [0, 0.05) is 22.8 Å². The second-order valence-electron chi connectivity index (χ2n) is 5.58. The highest BCUT2D eigenvalue weighted by Gasteiger charge is 2.05. The van der Waals surface area contributed by atoms with E-state index in [2.05, 4.69) is 52.4 Å². The number of hydrogen-bond donors (Lipinski definition) is 0. The third-order valence-corrected chi connectivity index (χ3v) is 5.22. The molecule has 0 saturated heterocycles. The van der Waals surface area contributed by atoms with E-state index in [1.807, 2.05) is 31.3 Å². The fourth-order valence-electron chi connectivity index (χ4n) is 2.76. The van der Waals surface area contributed by atoms with Crippen molar-refractivity contribution >= 4 is 39.4 Å². The van der Waals surface area contributed by atoms with Crippen LogP contribution in [0.5, 0.6) is 0 Å². The maximum absolute atomic E-state index is 5.98. The molecule has 1 aromatic heterocycles. The Hall–Kier alpha value is -2.36. The second-order valence-corrected chi connectivity index (χ2v) is 6.85. The van der Waals surface area contributed by atoms with Gasteiger partial charge in [0.05, 0.1) is 11.4 Å². The Bertz CT molecular complexity index is 1070. The third-order valence-electron chi connectivity index (χ3n) is 4.05. The Kier molecular flexibility index (Phi) is 3.97. The summed E-state index contributed by atoms with van der Waals surface area (Å²) in [5.74, 6) is 0. The smallest absolute Gasteiger partial charge is 0.190 e. The van der Waals surface area contributed by atoms with Crippen LogP contribution in [0.15, 0.2) is 77.1 Å². The van der Waals surface area contributed by atoms with E-state index >= 15 is 0 Å². The van der Waals surface area contributed by atoms with Crippen molar-refractivity contribution in [3.8, 4) is 11.3 Å². The summed E-state index contributed by atoms with van der Waals surface area (Å²) < 4.78 is 2.12. The van der Waals surface area contributed by atoms with Gasteiger partial charge in [0.25, 0.3) is 0 Å². The first kappa shape index (κ1) is 15.2. The van der Waals surface area contributed by atoms with Gasteiger partial charge in [-0.25, -0.2) is 4.99 Å². The SMILES string of the molecule is Cn1c(-c2ccc(Cl)cc2)csc1=Nc1cccc2ccccc12. The number of thiazole rings is 1. The van der Waals surface area contributed by atoms with Crippen LogP contribution in [0.25, 0.3) is 22.0 Å². The van der Waals surface area contributed by atoms with Gasteiger partial charge < -0.3 is 4.57 Å². The third kappa shape index (κ3) is 2.77. The molecule has 2 nitrogen and oxygen atoms in total. The van der Waals surface area contributed by atoms with Crippen molar-refractivity contribution < 1.29 is 0 Å². The van der Waals surface area contributed by atoms with Crippen molar-refractivity contribution in [1.82, 2.24) is 4.57 Å². The zero-order valence-corrected chi connectivity index (χ0v) is 14.7. The van der Waals surface area contributed by atoms with Crippen LogP contribution in [-0.2, 0) is 7.05 Å². The molecule has 4 rings (SSSR count). The van der Waals surface area contributed by atoms with E-state index in [0.29, 0.717) is 0 Å². The fraction of sp³-hybridized carbons (Fsp3) is 0.0500. The fourth-order valence-corrected chi connectivity index (χ4v) is 3.81. The summed E-state index contributed by atoms with van der Waals surface area (Å²) in [6, 6.07) is 22.4. The summed E-state index contributed by atoms with van der Waals surface area (Å²) in [6.45, 7) is 0. The number of fused-ring (bicyclic) bond motifs is 1. The zero-order valence-electron chi connectivity index (χ0n) is 13.1. The quantitative estimate of drug-likeness (QED) is 0.435. The van der Waals surface area contributed by atoms with Crippen molar-refractivity contribution in [3.05, 3.63) is 81.9 Å². The van der Waals surface area contributed by atoms with Crippen LogP contribution >= 0.6 is 22.9 Å². The van der Waals surface area contributed by atoms with E-state index in [-0.39, 0.29) is 0 Å². The number of benzene rings is 3. The molecule has 0 aliphatic heterocycles. The number of nitrogens with zero attached hydrogens (tertiary/aromatic N) is 2. The lowest BCUT2D eigenvalue weighted by molar-refractivity contribution is 0.883. The molecule has 0 amide bonds. The summed E-state index contributed by atoms with van der Waals surface area (Å²) in [7, 11) is 2.05. The predicted molar refractivity (Wildman–Crippen MR) is 103 cm³/mol. The average Bonchev–Trinajstić information content (AvgIpc) is 2.97. The van der Waals surface area contributed by atoms with Gasteiger partial charge in [-0.1, -0.05) is 60.1 Å². The largest absolute Gasteiger partial charge is 0.320 e. The highest BCUT2D eigenvalue weighted by atomic mass is 35.5. The van der Waals surface area contributed by atoms with Crippen molar-refractivity contribution in [1.29, 1.82) is 0 Å². The first-order chi connectivity index (χ1) is 11.7. The summed E-state index contributed by atoms with van der Waals surface area (Å²) in [6.07, 6.45) is 0. The lowest BCUT2D eigenvalue weighted by atomic mass is 10.1.